The number of rotatable bonds is 6. The zero-order valence-electron chi connectivity index (χ0n) is 9.93. The molecule has 0 saturated heterocycles. The molecule has 1 aromatic rings. The molecule has 0 aromatic heterocycles. The second-order valence-electron chi connectivity index (χ2n) is 3.91. The molecule has 0 heterocycles. The molecule has 0 saturated carbocycles. The molecular weight excluding hydrogens is 252 g/mol. The number of aliphatic hydroxyl groups is 2. The Hall–Kier alpha value is -2.18. The van der Waals surface area contributed by atoms with Crippen LogP contribution in [0.5, 0.6) is 0 Å². The standard InChI is InChI=1S/C13H14O6/c14-10(7-12(17)18)13(19)9-4-2-1-3-8(9)5-6-11(15)16/h1-6,10,13-14,19H,7H2,(H,15,16)(H,17,18)/b6-5+. The monoisotopic (exact) mass is 266 g/mol. The van der Waals surface area contributed by atoms with Crippen molar-refractivity contribution in [3.05, 3.63) is 41.5 Å². The predicted molar refractivity (Wildman–Crippen MR) is 66.3 cm³/mol. The van der Waals surface area contributed by atoms with Crippen molar-refractivity contribution < 1.29 is 30.0 Å². The molecule has 1 aromatic carbocycles. The van der Waals surface area contributed by atoms with E-state index in [-0.39, 0.29) is 5.56 Å². The second kappa shape index (κ2) is 6.67. The van der Waals surface area contributed by atoms with Crippen LogP contribution in [0.4, 0.5) is 0 Å². The van der Waals surface area contributed by atoms with E-state index in [0.29, 0.717) is 5.56 Å². The third-order valence-electron chi connectivity index (χ3n) is 2.47. The maximum Gasteiger partial charge on any atom is 0.328 e. The highest BCUT2D eigenvalue weighted by Gasteiger charge is 2.22. The first-order valence-electron chi connectivity index (χ1n) is 5.49. The topological polar surface area (TPSA) is 115 Å². The minimum absolute atomic E-state index is 0.272. The molecule has 0 spiro atoms. The fraction of sp³-hybridized carbons (Fsp3) is 0.231. The quantitative estimate of drug-likeness (QED) is 0.562. The Labute approximate surface area is 109 Å². The van der Waals surface area contributed by atoms with Crippen LogP contribution in [0.3, 0.4) is 0 Å². The molecule has 0 radical (unpaired) electrons. The van der Waals surface area contributed by atoms with Crippen LogP contribution >= 0.6 is 0 Å². The van der Waals surface area contributed by atoms with Gasteiger partial charge in [0.2, 0.25) is 0 Å². The predicted octanol–water partition coefficient (Wildman–Crippen LogP) is 0.653. The molecule has 0 fully saturated rings. The van der Waals surface area contributed by atoms with E-state index < -0.39 is 30.6 Å². The van der Waals surface area contributed by atoms with Crippen LogP contribution in [0, 0.1) is 0 Å². The Morgan fingerprint density at radius 1 is 1.16 bits per heavy atom. The maximum atomic E-state index is 10.5. The molecule has 4 N–H and O–H groups in total. The highest BCUT2D eigenvalue weighted by atomic mass is 16.4. The van der Waals surface area contributed by atoms with Crippen molar-refractivity contribution in [2.75, 3.05) is 0 Å². The summed E-state index contributed by atoms with van der Waals surface area (Å²) in [6.45, 7) is 0. The Balaban J connectivity index is 2.99. The van der Waals surface area contributed by atoms with Crippen molar-refractivity contribution >= 4 is 18.0 Å². The Morgan fingerprint density at radius 2 is 1.79 bits per heavy atom. The summed E-state index contributed by atoms with van der Waals surface area (Å²) >= 11 is 0. The summed E-state index contributed by atoms with van der Waals surface area (Å²) in [5, 5.41) is 36.6. The lowest BCUT2D eigenvalue weighted by molar-refractivity contribution is -0.141. The van der Waals surface area contributed by atoms with Gasteiger partial charge in [-0.3, -0.25) is 4.79 Å². The average molecular weight is 266 g/mol. The van der Waals surface area contributed by atoms with Gasteiger partial charge in [0, 0.05) is 6.08 Å². The van der Waals surface area contributed by atoms with Gasteiger partial charge >= 0.3 is 11.9 Å². The van der Waals surface area contributed by atoms with E-state index in [2.05, 4.69) is 0 Å². The summed E-state index contributed by atoms with van der Waals surface area (Å²) in [7, 11) is 0. The first kappa shape index (κ1) is 14.9. The highest BCUT2D eigenvalue weighted by Crippen LogP contribution is 2.23. The Kier molecular flexibility index (Phi) is 5.23. The average Bonchev–Trinajstić information content (AvgIpc) is 2.35. The normalized spacial score (nSPS) is 14.2. The van der Waals surface area contributed by atoms with Gasteiger partial charge < -0.3 is 20.4 Å². The number of carboxylic acids is 2. The van der Waals surface area contributed by atoms with Gasteiger partial charge in [0.25, 0.3) is 0 Å². The minimum atomic E-state index is -1.46. The molecule has 2 unspecified atom stereocenters. The first-order valence-corrected chi connectivity index (χ1v) is 5.49. The number of aliphatic hydroxyl groups excluding tert-OH is 2. The fourth-order valence-corrected chi connectivity index (χ4v) is 1.59. The smallest absolute Gasteiger partial charge is 0.328 e. The molecule has 0 amide bonds. The van der Waals surface area contributed by atoms with Crippen LogP contribution in [-0.4, -0.2) is 38.5 Å². The van der Waals surface area contributed by atoms with Gasteiger partial charge in [-0.1, -0.05) is 24.3 Å². The molecule has 19 heavy (non-hydrogen) atoms. The number of hydrogen-bond donors (Lipinski definition) is 4. The Morgan fingerprint density at radius 3 is 2.37 bits per heavy atom. The molecule has 102 valence electrons. The molecule has 0 aliphatic heterocycles. The largest absolute Gasteiger partial charge is 0.481 e. The van der Waals surface area contributed by atoms with Crippen LogP contribution in [0.2, 0.25) is 0 Å². The van der Waals surface area contributed by atoms with E-state index in [1.807, 2.05) is 0 Å². The minimum Gasteiger partial charge on any atom is -0.481 e. The number of aliphatic carboxylic acids is 2. The molecule has 6 nitrogen and oxygen atoms in total. The van der Waals surface area contributed by atoms with Gasteiger partial charge in [0.05, 0.1) is 12.5 Å². The lowest BCUT2D eigenvalue weighted by atomic mass is 9.97. The summed E-state index contributed by atoms with van der Waals surface area (Å²) in [5.41, 5.74) is 0.676. The first-order chi connectivity index (χ1) is 8.91. The van der Waals surface area contributed by atoms with Crippen LogP contribution in [0.15, 0.2) is 30.3 Å². The lowest BCUT2D eigenvalue weighted by Gasteiger charge is -2.18. The molecule has 0 aliphatic carbocycles. The van der Waals surface area contributed by atoms with E-state index >= 15 is 0 Å². The van der Waals surface area contributed by atoms with E-state index in [1.165, 1.54) is 12.1 Å². The molecular formula is C13H14O6. The summed E-state index contributed by atoms with van der Waals surface area (Å²) in [4.78, 5) is 20.9. The van der Waals surface area contributed by atoms with Crippen molar-refractivity contribution in [1.82, 2.24) is 0 Å². The number of benzene rings is 1. The van der Waals surface area contributed by atoms with Crippen molar-refractivity contribution in [2.45, 2.75) is 18.6 Å². The molecule has 1 rings (SSSR count). The van der Waals surface area contributed by atoms with Crippen LogP contribution in [-0.2, 0) is 9.59 Å². The number of carbonyl (C=O) groups is 2. The number of hydrogen-bond acceptors (Lipinski definition) is 4. The SMILES string of the molecule is O=C(O)/C=C/c1ccccc1C(O)C(O)CC(=O)O. The molecule has 2 atom stereocenters. The highest BCUT2D eigenvalue weighted by molar-refractivity contribution is 5.85. The maximum absolute atomic E-state index is 10.5. The number of carboxylic acid groups (broad SMARTS) is 2. The zero-order chi connectivity index (χ0) is 14.4. The Bertz CT molecular complexity index is 494. The van der Waals surface area contributed by atoms with Gasteiger partial charge in [-0.15, -0.1) is 0 Å². The lowest BCUT2D eigenvalue weighted by Crippen LogP contribution is -2.22. The van der Waals surface area contributed by atoms with E-state index in [9.17, 15) is 19.8 Å². The van der Waals surface area contributed by atoms with Gasteiger partial charge in [-0.25, -0.2) is 4.79 Å². The fourth-order valence-electron chi connectivity index (χ4n) is 1.59. The summed E-state index contributed by atoms with van der Waals surface area (Å²) in [5.74, 6) is -2.37. The van der Waals surface area contributed by atoms with Crippen molar-refractivity contribution in [1.29, 1.82) is 0 Å². The van der Waals surface area contributed by atoms with E-state index in [0.717, 1.165) is 6.08 Å². The van der Waals surface area contributed by atoms with Gasteiger partial charge in [-0.2, -0.15) is 0 Å². The summed E-state index contributed by atoms with van der Waals surface area (Å²) < 4.78 is 0. The van der Waals surface area contributed by atoms with Crippen LogP contribution in [0.25, 0.3) is 6.08 Å². The van der Waals surface area contributed by atoms with Crippen molar-refractivity contribution in [3.63, 3.8) is 0 Å². The molecule has 6 heteroatoms. The van der Waals surface area contributed by atoms with Crippen LogP contribution < -0.4 is 0 Å². The third-order valence-corrected chi connectivity index (χ3v) is 2.47. The van der Waals surface area contributed by atoms with Crippen molar-refractivity contribution in [2.24, 2.45) is 0 Å². The molecule has 0 aliphatic rings. The summed E-state index contributed by atoms with van der Waals surface area (Å²) in [6, 6.07) is 6.30. The zero-order valence-corrected chi connectivity index (χ0v) is 9.93. The van der Waals surface area contributed by atoms with Gasteiger partial charge in [-0.05, 0) is 17.2 Å². The second-order valence-corrected chi connectivity index (χ2v) is 3.91. The van der Waals surface area contributed by atoms with E-state index in [1.54, 1.807) is 18.2 Å². The third kappa shape index (κ3) is 4.53. The van der Waals surface area contributed by atoms with Gasteiger partial charge in [0.15, 0.2) is 0 Å². The van der Waals surface area contributed by atoms with Crippen molar-refractivity contribution in [3.8, 4) is 0 Å². The van der Waals surface area contributed by atoms with E-state index in [4.69, 9.17) is 10.2 Å². The van der Waals surface area contributed by atoms with Gasteiger partial charge in [0.1, 0.15) is 6.10 Å². The molecule has 0 bridgehead atoms. The summed E-state index contributed by atoms with van der Waals surface area (Å²) in [6.07, 6.45) is -1.29. The van der Waals surface area contributed by atoms with Crippen LogP contribution in [0.1, 0.15) is 23.7 Å².